The maximum absolute atomic E-state index is 13.6. The van der Waals surface area contributed by atoms with E-state index in [0.29, 0.717) is 19.3 Å². The third-order valence-electron chi connectivity index (χ3n) is 6.17. The fourth-order valence-corrected chi connectivity index (χ4v) is 5.97. The van der Waals surface area contributed by atoms with E-state index in [2.05, 4.69) is 6.58 Å². The Bertz CT molecular complexity index is 752. The lowest BCUT2D eigenvalue weighted by Gasteiger charge is -2.59. The van der Waals surface area contributed by atoms with Crippen LogP contribution in [-0.4, -0.2) is 42.3 Å². The Morgan fingerprint density at radius 1 is 1.18 bits per heavy atom. The van der Waals surface area contributed by atoms with Gasteiger partial charge in [-0.05, 0) is 43.9 Å². The van der Waals surface area contributed by atoms with E-state index in [1.807, 2.05) is 0 Å². The zero-order chi connectivity index (χ0) is 21.0. The molecule has 2 unspecified atom stereocenters. The lowest BCUT2D eigenvalue weighted by molar-refractivity contribution is -0.202. The first-order valence-corrected chi connectivity index (χ1v) is 10.4. The number of alkyl halides is 4. The number of hydrogen-bond donors (Lipinski definition) is 1. The van der Waals surface area contributed by atoms with Gasteiger partial charge in [-0.15, -0.1) is 0 Å². The van der Waals surface area contributed by atoms with E-state index >= 15 is 0 Å². The highest BCUT2D eigenvalue weighted by atomic mass is 32.2. The van der Waals surface area contributed by atoms with Gasteiger partial charge in [0.2, 0.25) is 0 Å². The van der Waals surface area contributed by atoms with Crippen molar-refractivity contribution in [1.82, 2.24) is 0 Å². The van der Waals surface area contributed by atoms with Crippen molar-refractivity contribution in [3.05, 3.63) is 12.8 Å². The van der Waals surface area contributed by atoms with Crippen molar-refractivity contribution in [3.8, 4) is 0 Å². The summed E-state index contributed by atoms with van der Waals surface area (Å²) in [6.07, 6.45) is 3.44. The van der Waals surface area contributed by atoms with Gasteiger partial charge in [0.1, 0.15) is 5.60 Å². The highest BCUT2D eigenvalue weighted by Crippen LogP contribution is 2.63. The van der Waals surface area contributed by atoms with Gasteiger partial charge in [0.15, 0.2) is 0 Å². The normalized spacial score (nSPS) is 34.9. The van der Waals surface area contributed by atoms with Crippen LogP contribution in [0.4, 0.5) is 17.6 Å². The van der Waals surface area contributed by atoms with Crippen molar-refractivity contribution >= 4 is 16.1 Å². The molecular formula is C17H22F4O6S. The second-order valence-electron chi connectivity index (χ2n) is 8.29. The third-order valence-corrected chi connectivity index (χ3v) is 7.12. The van der Waals surface area contributed by atoms with Crippen molar-refractivity contribution < 1.29 is 44.8 Å². The van der Waals surface area contributed by atoms with Crippen LogP contribution in [0.5, 0.6) is 0 Å². The van der Waals surface area contributed by atoms with Crippen molar-refractivity contribution in [2.24, 2.45) is 17.3 Å². The molecule has 4 aliphatic carbocycles. The summed E-state index contributed by atoms with van der Waals surface area (Å²) in [5.41, 5.74) is -1.47. The summed E-state index contributed by atoms with van der Waals surface area (Å²) >= 11 is 0. The lowest BCUT2D eigenvalue weighted by Crippen LogP contribution is -2.59. The zero-order valence-electron chi connectivity index (χ0n) is 15.0. The molecule has 0 aliphatic heterocycles. The molecule has 11 heteroatoms. The predicted octanol–water partition coefficient (Wildman–Crippen LogP) is 3.53. The van der Waals surface area contributed by atoms with Crippen molar-refractivity contribution in [2.45, 2.75) is 61.7 Å². The molecule has 4 rings (SSSR count). The molecule has 6 nitrogen and oxygen atoms in total. The van der Waals surface area contributed by atoms with Gasteiger partial charge in [0.05, 0.1) is 24.7 Å². The Labute approximate surface area is 160 Å². The molecule has 0 heterocycles. The number of carbonyl (C=O) groups is 1. The Hall–Kier alpha value is -1.36. The molecule has 0 aromatic rings. The van der Waals surface area contributed by atoms with Gasteiger partial charge in [-0.25, -0.2) is 0 Å². The van der Waals surface area contributed by atoms with Crippen LogP contribution in [0.1, 0.15) is 44.9 Å². The molecule has 4 aliphatic rings. The number of ether oxygens (including phenoxy) is 2. The first kappa shape index (κ1) is 21.4. The van der Waals surface area contributed by atoms with Gasteiger partial charge in [-0.1, -0.05) is 6.58 Å². The zero-order valence-corrected chi connectivity index (χ0v) is 15.8. The van der Waals surface area contributed by atoms with Crippen LogP contribution in [-0.2, 0) is 24.4 Å². The summed E-state index contributed by atoms with van der Waals surface area (Å²) in [6, 6.07) is 0. The van der Waals surface area contributed by atoms with Crippen LogP contribution in [0.3, 0.4) is 0 Å². The van der Waals surface area contributed by atoms with Gasteiger partial charge >= 0.3 is 27.3 Å². The number of carbonyl (C=O) groups excluding carboxylic acids is 1. The number of esters is 1. The molecule has 0 radical (unpaired) electrons. The van der Waals surface area contributed by atoms with E-state index in [9.17, 15) is 30.8 Å². The standard InChI is InChI=1S/C17H22F4O6S/c1-2-27-15-8-11-5-12(9-15)7-14(6-11,10-15)13(22)26-4-3-16(18,19)17(20,21)28(23,24)25/h2,11-12H,1,3-10H2,(H,23,24,25). The van der Waals surface area contributed by atoms with Crippen LogP contribution in [0.2, 0.25) is 0 Å². The smallest absolute Gasteiger partial charge is 0.431 e. The molecule has 4 bridgehead atoms. The average molecular weight is 430 g/mol. The molecule has 4 fully saturated rings. The van der Waals surface area contributed by atoms with E-state index < -0.39 is 51.3 Å². The summed E-state index contributed by atoms with van der Waals surface area (Å²) in [6.45, 7) is 2.47. The molecule has 0 saturated heterocycles. The molecule has 4 saturated carbocycles. The minimum atomic E-state index is -6.31. The van der Waals surface area contributed by atoms with E-state index in [0.717, 1.165) is 19.3 Å². The molecule has 0 amide bonds. The van der Waals surface area contributed by atoms with Crippen molar-refractivity contribution in [2.75, 3.05) is 6.61 Å². The second-order valence-corrected chi connectivity index (χ2v) is 9.75. The Morgan fingerprint density at radius 3 is 2.25 bits per heavy atom. The maximum Gasteiger partial charge on any atom is 0.431 e. The fourth-order valence-electron chi connectivity index (χ4n) is 5.49. The van der Waals surface area contributed by atoms with Crippen molar-refractivity contribution in [1.29, 1.82) is 0 Å². The summed E-state index contributed by atoms with van der Waals surface area (Å²) in [5.74, 6) is -5.40. The largest absolute Gasteiger partial charge is 0.495 e. The molecule has 160 valence electrons. The first-order chi connectivity index (χ1) is 12.8. The van der Waals surface area contributed by atoms with E-state index in [1.54, 1.807) is 0 Å². The molecule has 0 spiro atoms. The Kier molecular flexibility index (Phi) is 5.02. The van der Waals surface area contributed by atoms with Crippen molar-refractivity contribution in [3.63, 3.8) is 0 Å². The average Bonchev–Trinajstić information content (AvgIpc) is 2.51. The topological polar surface area (TPSA) is 89.9 Å². The van der Waals surface area contributed by atoms with Crippen LogP contribution >= 0.6 is 0 Å². The Balaban J connectivity index is 1.66. The summed E-state index contributed by atoms with van der Waals surface area (Å²) < 4.78 is 93.5. The SMILES string of the molecule is C=COC12CC3CC(C1)CC(C(=O)OCCC(F)(F)C(F)(F)S(=O)(=O)O)(C3)C2. The fraction of sp³-hybridized carbons (Fsp3) is 0.824. The number of rotatable bonds is 8. The summed E-state index contributed by atoms with van der Waals surface area (Å²) in [7, 11) is -6.31. The minimum Gasteiger partial charge on any atom is -0.495 e. The van der Waals surface area contributed by atoms with Crippen LogP contribution in [0, 0.1) is 17.3 Å². The van der Waals surface area contributed by atoms with Crippen LogP contribution in [0.15, 0.2) is 12.8 Å². The molecule has 1 N–H and O–H groups in total. The maximum atomic E-state index is 13.6. The summed E-state index contributed by atoms with van der Waals surface area (Å²) in [5, 5.41) is -5.67. The van der Waals surface area contributed by atoms with Gasteiger partial charge < -0.3 is 9.47 Å². The van der Waals surface area contributed by atoms with Gasteiger partial charge in [-0.2, -0.15) is 26.0 Å². The first-order valence-electron chi connectivity index (χ1n) is 8.95. The monoisotopic (exact) mass is 430 g/mol. The van der Waals surface area contributed by atoms with Crippen LogP contribution < -0.4 is 0 Å². The highest BCUT2D eigenvalue weighted by molar-refractivity contribution is 7.87. The highest BCUT2D eigenvalue weighted by Gasteiger charge is 2.66. The third kappa shape index (κ3) is 3.40. The quantitative estimate of drug-likeness (QED) is 0.274. The Morgan fingerprint density at radius 2 is 1.75 bits per heavy atom. The van der Waals surface area contributed by atoms with E-state index in [4.69, 9.17) is 14.0 Å². The molecule has 0 aromatic heterocycles. The second kappa shape index (κ2) is 6.58. The summed E-state index contributed by atoms with van der Waals surface area (Å²) in [4.78, 5) is 12.7. The van der Waals surface area contributed by atoms with E-state index in [1.165, 1.54) is 6.26 Å². The van der Waals surface area contributed by atoms with Gasteiger partial charge in [-0.3, -0.25) is 9.35 Å². The minimum absolute atomic E-state index is 0.221. The number of hydrogen-bond acceptors (Lipinski definition) is 5. The molecular weight excluding hydrogens is 408 g/mol. The van der Waals surface area contributed by atoms with Crippen LogP contribution in [0.25, 0.3) is 0 Å². The lowest BCUT2D eigenvalue weighted by atomic mass is 9.48. The van der Waals surface area contributed by atoms with E-state index in [-0.39, 0.29) is 11.8 Å². The molecule has 28 heavy (non-hydrogen) atoms. The van der Waals surface area contributed by atoms with Gasteiger partial charge in [0, 0.05) is 6.42 Å². The molecule has 0 aromatic carbocycles. The molecule has 2 atom stereocenters. The number of halogens is 4. The predicted molar refractivity (Wildman–Crippen MR) is 88.1 cm³/mol. The van der Waals surface area contributed by atoms with Gasteiger partial charge in [0.25, 0.3) is 0 Å².